The van der Waals surface area contributed by atoms with Crippen LogP contribution in [0.2, 0.25) is 0 Å². The zero-order valence-corrected chi connectivity index (χ0v) is 9.14. The van der Waals surface area contributed by atoms with E-state index in [2.05, 4.69) is 4.98 Å². The van der Waals surface area contributed by atoms with Gasteiger partial charge in [0, 0.05) is 12.6 Å². The Labute approximate surface area is 92.8 Å². The molecule has 16 heavy (non-hydrogen) atoms. The average Bonchev–Trinajstić information content (AvgIpc) is 2.60. The molecule has 0 fully saturated rings. The molecule has 0 aliphatic carbocycles. The molecule has 1 N–H and O–H groups in total. The standard InChI is InChI=1S/C12H12N2O2/c1-8(12(15)16)5-9-3-4-11-10(6-9)13-7-14(11)2/h3-7H,1-2H3,(H,15,16)/b8-5+. The highest BCUT2D eigenvalue weighted by Gasteiger charge is 2.02. The molecular weight excluding hydrogens is 204 g/mol. The number of hydrogen-bond acceptors (Lipinski definition) is 2. The van der Waals surface area contributed by atoms with Crippen molar-refractivity contribution in [1.29, 1.82) is 0 Å². The van der Waals surface area contributed by atoms with Crippen molar-refractivity contribution in [1.82, 2.24) is 9.55 Å². The van der Waals surface area contributed by atoms with Gasteiger partial charge in [-0.1, -0.05) is 6.07 Å². The predicted molar refractivity (Wildman–Crippen MR) is 62.0 cm³/mol. The Kier molecular flexibility index (Phi) is 2.48. The summed E-state index contributed by atoms with van der Waals surface area (Å²) >= 11 is 0. The van der Waals surface area contributed by atoms with E-state index in [1.54, 1.807) is 19.3 Å². The van der Waals surface area contributed by atoms with Crippen molar-refractivity contribution in [3.63, 3.8) is 0 Å². The molecule has 1 aromatic carbocycles. The Hall–Kier alpha value is -2.10. The number of aliphatic carboxylic acids is 1. The number of fused-ring (bicyclic) bond motifs is 1. The average molecular weight is 216 g/mol. The van der Waals surface area contributed by atoms with Crippen molar-refractivity contribution >= 4 is 23.1 Å². The van der Waals surface area contributed by atoms with Crippen molar-refractivity contribution in [2.75, 3.05) is 0 Å². The van der Waals surface area contributed by atoms with Crippen molar-refractivity contribution in [3.8, 4) is 0 Å². The molecule has 1 heterocycles. The molecule has 4 heteroatoms. The van der Waals surface area contributed by atoms with E-state index in [4.69, 9.17) is 5.11 Å². The second-order valence-corrected chi connectivity index (χ2v) is 3.74. The smallest absolute Gasteiger partial charge is 0.331 e. The van der Waals surface area contributed by atoms with Crippen molar-refractivity contribution in [3.05, 3.63) is 35.7 Å². The number of benzene rings is 1. The fourth-order valence-corrected chi connectivity index (χ4v) is 1.55. The third kappa shape index (κ3) is 1.82. The van der Waals surface area contributed by atoms with Gasteiger partial charge >= 0.3 is 5.97 Å². The molecular formula is C12H12N2O2. The SMILES string of the molecule is C/C(=C\c1ccc2c(c1)ncn2C)C(=O)O. The van der Waals surface area contributed by atoms with E-state index in [-0.39, 0.29) is 0 Å². The second kappa shape index (κ2) is 3.81. The van der Waals surface area contributed by atoms with Crippen LogP contribution < -0.4 is 0 Å². The number of hydrogen-bond donors (Lipinski definition) is 1. The third-order valence-electron chi connectivity index (χ3n) is 2.47. The van der Waals surface area contributed by atoms with Gasteiger partial charge in [0.15, 0.2) is 0 Å². The summed E-state index contributed by atoms with van der Waals surface area (Å²) in [6.45, 7) is 1.57. The molecule has 0 spiro atoms. The van der Waals surface area contributed by atoms with Crippen LogP contribution >= 0.6 is 0 Å². The molecule has 2 aromatic rings. The number of carboxylic acid groups (broad SMARTS) is 1. The van der Waals surface area contributed by atoms with Gasteiger partial charge in [-0.15, -0.1) is 0 Å². The lowest BCUT2D eigenvalue weighted by atomic mass is 10.1. The summed E-state index contributed by atoms with van der Waals surface area (Å²) in [5, 5.41) is 8.77. The Morgan fingerprint density at radius 2 is 2.25 bits per heavy atom. The van der Waals surface area contributed by atoms with Gasteiger partial charge in [-0.2, -0.15) is 0 Å². The number of rotatable bonds is 2. The highest BCUT2D eigenvalue weighted by atomic mass is 16.4. The van der Waals surface area contributed by atoms with E-state index in [1.165, 1.54) is 0 Å². The fourth-order valence-electron chi connectivity index (χ4n) is 1.55. The van der Waals surface area contributed by atoms with E-state index >= 15 is 0 Å². The molecule has 2 rings (SSSR count). The quantitative estimate of drug-likeness (QED) is 0.782. The minimum absolute atomic E-state index is 0.315. The number of imidazole rings is 1. The first-order valence-corrected chi connectivity index (χ1v) is 4.90. The van der Waals surface area contributed by atoms with Crippen LogP contribution in [0.5, 0.6) is 0 Å². The van der Waals surface area contributed by atoms with E-state index in [0.29, 0.717) is 5.57 Å². The molecule has 0 saturated heterocycles. The zero-order valence-electron chi connectivity index (χ0n) is 9.14. The number of aryl methyl sites for hydroxylation is 1. The fraction of sp³-hybridized carbons (Fsp3) is 0.167. The Morgan fingerprint density at radius 1 is 1.50 bits per heavy atom. The maximum atomic E-state index is 10.7. The summed E-state index contributed by atoms with van der Waals surface area (Å²) in [6, 6.07) is 5.70. The van der Waals surface area contributed by atoms with Crippen LogP contribution in [0.3, 0.4) is 0 Å². The largest absolute Gasteiger partial charge is 0.478 e. The van der Waals surface area contributed by atoms with E-state index in [9.17, 15) is 4.79 Å². The maximum absolute atomic E-state index is 10.7. The third-order valence-corrected chi connectivity index (χ3v) is 2.47. The van der Waals surface area contributed by atoms with Gasteiger partial charge in [0.25, 0.3) is 0 Å². The minimum Gasteiger partial charge on any atom is -0.478 e. The van der Waals surface area contributed by atoms with Crippen molar-refractivity contribution < 1.29 is 9.90 Å². The lowest BCUT2D eigenvalue weighted by Crippen LogP contribution is -1.95. The first-order valence-electron chi connectivity index (χ1n) is 4.90. The normalized spacial score (nSPS) is 12.0. The molecule has 0 aliphatic rings. The van der Waals surface area contributed by atoms with Crippen molar-refractivity contribution in [2.45, 2.75) is 6.92 Å². The van der Waals surface area contributed by atoms with Crippen LogP contribution in [0.1, 0.15) is 12.5 Å². The molecule has 1 aromatic heterocycles. The van der Waals surface area contributed by atoms with Gasteiger partial charge in [-0.25, -0.2) is 9.78 Å². The van der Waals surface area contributed by atoms with Crippen LogP contribution in [-0.4, -0.2) is 20.6 Å². The topological polar surface area (TPSA) is 55.1 Å². The predicted octanol–water partition coefficient (Wildman–Crippen LogP) is 2.06. The molecule has 82 valence electrons. The molecule has 0 radical (unpaired) electrons. The second-order valence-electron chi connectivity index (χ2n) is 3.74. The molecule has 0 unspecified atom stereocenters. The van der Waals surface area contributed by atoms with E-state index < -0.39 is 5.97 Å². The summed E-state index contributed by atoms with van der Waals surface area (Å²) in [6.07, 6.45) is 3.37. The number of nitrogens with zero attached hydrogens (tertiary/aromatic N) is 2. The molecule has 0 amide bonds. The van der Waals surface area contributed by atoms with Gasteiger partial charge in [0.05, 0.1) is 17.4 Å². The summed E-state index contributed by atoms with van der Waals surface area (Å²) in [5.74, 6) is -0.902. The molecule has 4 nitrogen and oxygen atoms in total. The summed E-state index contributed by atoms with van der Waals surface area (Å²) in [4.78, 5) is 14.9. The Balaban J connectivity index is 2.48. The maximum Gasteiger partial charge on any atom is 0.331 e. The highest BCUT2D eigenvalue weighted by Crippen LogP contribution is 2.16. The highest BCUT2D eigenvalue weighted by molar-refractivity contribution is 5.92. The zero-order chi connectivity index (χ0) is 11.7. The van der Waals surface area contributed by atoms with Crippen LogP contribution in [0, 0.1) is 0 Å². The van der Waals surface area contributed by atoms with Crippen molar-refractivity contribution in [2.24, 2.45) is 7.05 Å². The first kappa shape index (κ1) is 10.4. The summed E-state index contributed by atoms with van der Waals surface area (Å²) in [5.41, 5.74) is 3.07. The number of carboxylic acids is 1. The van der Waals surface area contributed by atoms with Crippen LogP contribution in [-0.2, 0) is 11.8 Å². The Morgan fingerprint density at radius 3 is 2.94 bits per heavy atom. The Bertz CT molecular complexity index is 582. The van der Waals surface area contributed by atoms with Gasteiger partial charge in [-0.3, -0.25) is 0 Å². The number of aromatic nitrogens is 2. The first-order chi connectivity index (χ1) is 7.58. The lowest BCUT2D eigenvalue weighted by Gasteiger charge is -1.97. The van der Waals surface area contributed by atoms with Crippen LogP contribution in [0.15, 0.2) is 30.1 Å². The summed E-state index contributed by atoms with van der Waals surface area (Å²) in [7, 11) is 1.92. The summed E-state index contributed by atoms with van der Waals surface area (Å²) < 4.78 is 1.92. The lowest BCUT2D eigenvalue weighted by molar-refractivity contribution is -0.132. The van der Waals surface area contributed by atoms with E-state index in [0.717, 1.165) is 16.6 Å². The van der Waals surface area contributed by atoms with E-state index in [1.807, 2.05) is 29.8 Å². The number of carbonyl (C=O) groups is 1. The molecule has 0 aliphatic heterocycles. The molecule has 0 atom stereocenters. The van der Waals surface area contributed by atoms with Crippen LogP contribution in [0.25, 0.3) is 17.1 Å². The van der Waals surface area contributed by atoms with Gasteiger partial charge in [0.1, 0.15) is 0 Å². The van der Waals surface area contributed by atoms with Gasteiger partial charge < -0.3 is 9.67 Å². The minimum atomic E-state index is -0.902. The van der Waals surface area contributed by atoms with Gasteiger partial charge in [-0.05, 0) is 30.7 Å². The molecule has 0 saturated carbocycles. The van der Waals surface area contributed by atoms with Crippen LogP contribution in [0.4, 0.5) is 0 Å². The molecule has 0 bridgehead atoms. The van der Waals surface area contributed by atoms with Gasteiger partial charge in [0.2, 0.25) is 0 Å². The monoisotopic (exact) mass is 216 g/mol.